The van der Waals surface area contributed by atoms with E-state index in [4.69, 9.17) is 9.52 Å². The van der Waals surface area contributed by atoms with E-state index in [0.29, 0.717) is 0 Å². The van der Waals surface area contributed by atoms with Crippen molar-refractivity contribution in [2.45, 2.75) is 17.6 Å². The summed E-state index contributed by atoms with van der Waals surface area (Å²) in [5.74, 6) is 0.875. The molecule has 2 heterocycles. The molecule has 94 valence electrons. The SMILES string of the molecule is Cc1occc1SCc1cc(/C=C/C(=O)O)cs1. The molecule has 0 aromatic carbocycles. The van der Waals surface area contributed by atoms with Crippen LogP contribution >= 0.6 is 23.1 Å². The van der Waals surface area contributed by atoms with Gasteiger partial charge in [-0.15, -0.1) is 23.1 Å². The number of carboxylic acids is 1. The normalized spacial score (nSPS) is 11.2. The molecule has 0 fully saturated rings. The highest BCUT2D eigenvalue weighted by Crippen LogP contribution is 2.29. The van der Waals surface area contributed by atoms with Crippen LogP contribution in [0.5, 0.6) is 0 Å². The van der Waals surface area contributed by atoms with Gasteiger partial charge in [0.25, 0.3) is 0 Å². The number of hydrogen-bond acceptors (Lipinski definition) is 4. The van der Waals surface area contributed by atoms with Gasteiger partial charge in [0.2, 0.25) is 0 Å². The van der Waals surface area contributed by atoms with Gasteiger partial charge in [-0.2, -0.15) is 0 Å². The Hall–Kier alpha value is -1.46. The molecule has 0 radical (unpaired) electrons. The minimum Gasteiger partial charge on any atom is -0.478 e. The zero-order valence-corrected chi connectivity index (χ0v) is 11.4. The van der Waals surface area contributed by atoms with E-state index >= 15 is 0 Å². The number of aliphatic carboxylic acids is 1. The average Bonchev–Trinajstić information content (AvgIpc) is 2.93. The first-order valence-electron chi connectivity index (χ1n) is 5.30. The fourth-order valence-electron chi connectivity index (χ4n) is 1.40. The van der Waals surface area contributed by atoms with Crippen LogP contribution in [0.3, 0.4) is 0 Å². The first kappa shape index (κ1) is 13.0. The molecule has 0 aliphatic rings. The first-order chi connectivity index (χ1) is 8.65. The summed E-state index contributed by atoms with van der Waals surface area (Å²) in [7, 11) is 0. The average molecular weight is 280 g/mol. The van der Waals surface area contributed by atoms with Gasteiger partial charge >= 0.3 is 5.97 Å². The highest BCUT2D eigenvalue weighted by Gasteiger charge is 2.04. The molecule has 0 saturated carbocycles. The van der Waals surface area contributed by atoms with Crippen LogP contribution in [-0.4, -0.2) is 11.1 Å². The maximum absolute atomic E-state index is 10.4. The summed E-state index contributed by atoms with van der Waals surface area (Å²) in [4.78, 5) is 12.8. The Balaban J connectivity index is 1.95. The van der Waals surface area contributed by atoms with Crippen molar-refractivity contribution in [2.75, 3.05) is 0 Å². The number of aryl methyl sites for hydroxylation is 1. The van der Waals surface area contributed by atoms with Gasteiger partial charge in [-0.05, 0) is 36.1 Å². The molecule has 18 heavy (non-hydrogen) atoms. The van der Waals surface area contributed by atoms with E-state index in [1.54, 1.807) is 35.4 Å². The summed E-state index contributed by atoms with van der Waals surface area (Å²) in [6, 6.07) is 3.96. The van der Waals surface area contributed by atoms with Gasteiger partial charge in [0.05, 0.1) is 6.26 Å². The van der Waals surface area contributed by atoms with Crippen molar-refractivity contribution in [1.29, 1.82) is 0 Å². The van der Waals surface area contributed by atoms with E-state index in [9.17, 15) is 4.79 Å². The van der Waals surface area contributed by atoms with Crippen molar-refractivity contribution in [3.63, 3.8) is 0 Å². The summed E-state index contributed by atoms with van der Waals surface area (Å²) < 4.78 is 5.23. The molecule has 0 atom stereocenters. The van der Waals surface area contributed by atoms with Crippen LogP contribution in [0.1, 0.15) is 16.2 Å². The van der Waals surface area contributed by atoms with Crippen LogP contribution in [-0.2, 0) is 10.5 Å². The lowest BCUT2D eigenvalue weighted by atomic mass is 10.3. The number of carboxylic acid groups (broad SMARTS) is 1. The summed E-state index contributed by atoms with van der Waals surface area (Å²) >= 11 is 3.35. The van der Waals surface area contributed by atoms with Crippen LogP contribution in [0.2, 0.25) is 0 Å². The molecule has 2 aromatic rings. The third-order valence-electron chi connectivity index (χ3n) is 2.27. The van der Waals surface area contributed by atoms with Gasteiger partial charge in [-0.1, -0.05) is 0 Å². The number of thiophene rings is 1. The fraction of sp³-hybridized carbons (Fsp3) is 0.154. The molecule has 2 aromatic heterocycles. The van der Waals surface area contributed by atoms with Crippen molar-refractivity contribution in [3.8, 4) is 0 Å². The largest absolute Gasteiger partial charge is 0.478 e. The highest BCUT2D eigenvalue weighted by atomic mass is 32.2. The van der Waals surface area contributed by atoms with Gasteiger partial charge in [-0.25, -0.2) is 4.79 Å². The van der Waals surface area contributed by atoms with E-state index in [1.807, 2.05) is 24.4 Å². The monoisotopic (exact) mass is 280 g/mol. The lowest BCUT2D eigenvalue weighted by Crippen LogP contribution is -1.84. The molecule has 3 nitrogen and oxygen atoms in total. The van der Waals surface area contributed by atoms with Crippen LogP contribution in [0.4, 0.5) is 0 Å². The van der Waals surface area contributed by atoms with Crippen LogP contribution < -0.4 is 0 Å². The van der Waals surface area contributed by atoms with Crippen molar-refractivity contribution >= 4 is 35.1 Å². The number of hydrogen-bond donors (Lipinski definition) is 1. The summed E-state index contributed by atoms with van der Waals surface area (Å²) in [6.07, 6.45) is 4.45. The number of thioether (sulfide) groups is 1. The smallest absolute Gasteiger partial charge is 0.328 e. The Morgan fingerprint density at radius 2 is 2.44 bits per heavy atom. The molecule has 0 unspecified atom stereocenters. The van der Waals surface area contributed by atoms with E-state index in [2.05, 4.69) is 0 Å². The molecule has 1 N–H and O–H groups in total. The predicted molar refractivity (Wildman–Crippen MR) is 74.0 cm³/mol. The second-order valence-electron chi connectivity index (χ2n) is 3.65. The second-order valence-corrected chi connectivity index (χ2v) is 5.66. The van der Waals surface area contributed by atoms with E-state index < -0.39 is 5.97 Å². The zero-order chi connectivity index (χ0) is 13.0. The predicted octanol–water partition coefficient (Wildman–Crippen LogP) is 4.04. The Kier molecular flexibility index (Phi) is 4.28. The molecule has 0 amide bonds. The van der Waals surface area contributed by atoms with Gasteiger partial charge in [0.15, 0.2) is 0 Å². The van der Waals surface area contributed by atoms with Gasteiger partial charge in [0.1, 0.15) is 5.76 Å². The number of carbonyl (C=O) groups is 1. The molecular weight excluding hydrogens is 268 g/mol. The van der Waals surface area contributed by atoms with Crippen molar-refractivity contribution in [3.05, 3.63) is 46.1 Å². The van der Waals surface area contributed by atoms with E-state index in [-0.39, 0.29) is 0 Å². The maximum atomic E-state index is 10.4. The molecule has 0 saturated heterocycles. The molecule has 0 aliphatic carbocycles. The Bertz CT molecular complexity index is 566. The third-order valence-corrected chi connectivity index (χ3v) is 4.60. The summed E-state index contributed by atoms with van der Waals surface area (Å²) in [5.41, 5.74) is 0.932. The van der Waals surface area contributed by atoms with Crippen LogP contribution in [0, 0.1) is 6.92 Å². The van der Waals surface area contributed by atoms with Gasteiger partial charge < -0.3 is 9.52 Å². The minimum atomic E-state index is -0.925. The Labute approximate surface area is 113 Å². The Morgan fingerprint density at radius 3 is 3.11 bits per heavy atom. The van der Waals surface area contributed by atoms with Gasteiger partial charge in [-0.3, -0.25) is 0 Å². The lowest BCUT2D eigenvalue weighted by molar-refractivity contribution is -0.131. The highest BCUT2D eigenvalue weighted by molar-refractivity contribution is 7.98. The molecule has 0 aliphatic heterocycles. The van der Waals surface area contributed by atoms with Crippen LogP contribution in [0.15, 0.2) is 39.2 Å². The standard InChI is InChI=1S/C13H12O3S2/c1-9-12(4-5-16-9)18-8-11-6-10(7-17-11)2-3-13(14)15/h2-7H,8H2,1H3,(H,14,15)/b3-2+. The second kappa shape index (κ2) is 5.93. The topological polar surface area (TPSA) is 50.4 Å². The minimum absolute atomic E-state index is 0.867. The first-order valence-corrected chi connectivity index (χ1v) is 7.17. The number of furan rings is 1. The molecular formula is C13H12O3S2. The number of rotatable bonds is 5. The molecule has 0 bridgehead atoms. The van der Waals surface area contributed by atoms with Crippen molar-refractivity contribution in [1.82, 2.24) is 0 Å². The third kappa shape index (κ3) is 3.51. The quantitative estimate of drug-likeness (QED) is 0.663. The lowest BCUT2D eigenvalue weighted by Gasteiger charge is -1.96. The van der Waals surface area contributed by atoms with Crippen LogP contribution in [0.25, 0.3) is 6.08 Å². The van der Waals surface area contributed by atoms with Crippen molar-refractivity contribution < 1.29 is 14.3 Å². The molecule has 2 rings (SSSR count). The maximum Gasteiger partial charge on any atom is 0.328 e. The Morgan fingerprint density at radius 1 is 1.61 bits per heavy atom. The van der Waals surface area contributed by atoms with Crippen molar-refractivity contribution in [2.24, 2.45) is 0 Å². The van der Waals surface area contributed by atoms with E-state index in [0.717, 1.165) is 28.0 Å². The van der Waals surface area contributed by atoms with Gasteiger partial charge in [0, 0.05) is 21.6 Å². The molecule has 5 heteroatoms. The summed E-state index contributed by atoms with van der Waals surface area (Å²) in [5, 5.41) is 10.5. The molecule has 0 spiro atoms. The summed E-state index contributed by atoms with van der Waals surface area (Å²) in [6.45, 7) is 1.94. The zero-order valence-electron chi connectivity index (χ0n) is 9.75. The van der Waals surface area contributed by atoms with E-state index in [1.165, 1.54) is 4.88 Å². The fourth-order valence-corrected chi connectivity index (χ4v) is 3.27.